The van der Waals surface area contributed by atoms with Gasteiger partial charge in [0.2, 0.25) is 0 Å². The second-order valence-corrected chi connectivity index (χ2v) is 21.1. The number of halogens is 6. The van der Waals surface area contributed by atoms with Crippen molar-refractivity contribution < 1.29 is 43.2 Å². The lowest BCUT2D eigenvalue weighted by Gasteiger charge is -2.08. The molecule has 4 aromatic carbocycles. The molecule has 6 rings (SSSR count). The third-order valence-electron chi connectivity index (χ3n) is 6.94. The summed E-state index contributed by atoms with van der Waals surface area (Å²) in [4.78, 5) is 20.4. The van der Waals surface area contributed by atoms with Gasteiger partial charge in [-0.1, -0.05) is 24.3 Å². The number of carbonyl (C=O) groups is 1. The first-order chi connectivity index (χ1) is 26.2. The van der Waals surface area contributed by atoms with Gasteiger partial charge in [-0.05, 0) is 130 Å². The van der Waals surface area contributed by atoms with Gasteiger partial charge in [0.05, 0.1) is 20.2 Å². The van der Waals surface area contributed by atoms with Crippen LogP contribution in [-0.4, -0.2) is 41.0 Å². The van der Waals surface area contributed by atoms with E-state index in [-0.39, 0.29) is 38.4 Å². The SMILES string of the molecule is O=C(CCc1ccc(C(F)(F)F)cc1)c1ccc(S(=O)(=O)Nc2nccs2)cc1.O=S(=O)(Cl)c1ccc(I)cc1.O=S(=O)(Nc1nccs1)c1ccc(I)cc1. The molecule has 0 saturated carbocycles. The zero-order valence-electron chi connectivity index (χ0n) is 28.0. The lowest BCUT2D eigenvalue weighted by atomic mass is 10.0. The highest BCUT2D eigenvalue weighted by Gasteiger charge is 2.30. The molecule has 0 unspecified atom stereocenters. The Bertz CT molecular complexity index is 2530. The Morgan fingerprint density at radius 1 is 0.643 bits per heavy atom. The molecule has 0 atom stereocenters. The number of sulfonamides is 2. The summed E-state index contributed by atoms with van der Waals surface area (Å²) in [5.74, 6) is -0.235. The van der Waals surface area contributed by atoms with E-state index in [1.165, 1.54) is 66.1 Å². The standard InChI is InChI=1S/C19H15F3N2O3S2.C9H7IN2O2S2.C6H4ClIO2S/c20-19(21,22)15-6-1-13(2-7-15)3-10-17(25)14-4-8-16(9-5-14)29(26,27)24-18-23-11-12-28-18;10-7-1-3-8(4-2-7)16(13,14)12-9-11-5-6-15-9;7-11(9,10)6-3-1-5(8)2-4-6/h1-2,4-9,11-12H,3,10H2,(H,23,24);1-6H,(H,11,12);1-4H. The summed E-state index contributed by atoms with van der Waals surface area (Å²) >= 11 is 6.59. The number of benzene rings is 4. The van der Waals surface area contributed by atoms with Crippen LogP contribution in [-0.2, 0) is 41.7 Å². The molecule has 6 aromatic rings. The predicted octanol–water partition coefficient (Wildman–Crippen LogP) is 9.55. The van der Waals surface area contributed by atoms with Crippen LogP contribution in [0.2, 0.25) is 0 Å². The number of alkyl halides is 3. The largest absolute Gasteiger partial charge is 0.416 e. The molecule has 0 bridgehead atoms. The second kappa shape index (κ2) is 20.0. The maximum Gasteiger partial charge on any atom is 0.416 e. The third kappa shape index (κ3) is 14.3. The van der Waals surface area contributed by atoms with E-state index in [1.807, 2.05) is 0 Å². The van der Waals surface area contributed by atoms with Crippen molar-refractivity contribution in [2.24, 2.45) is 0 Å². The average Bonchev–Trinajstić information content (AvgIpc) is 3.85. The van der Waals surface area contributed by atoms with Crippen molar-refractivity contribution >= 4 is 124 Å². The minimum absolute atomic E-state index is 0.00742. The predicted molar refractivity (Wildman–Crippen MR) is 228 cm³/mol. The zero-order valence-corrected chi connectivity index (χ0v) is 37.2. The van der Waals surface area contributed by atoms with Crippen molar-refractivity contribution in [3.8, 4) is 0 Å². The maximum absolute atomic E-state index is 12.6. The molecule has 2 aromatic heterocycles. The van der Waals surface area contributed by atoms with Crippen molar-refractivity contribution in [2.45, 2.75) is 33.7 Å². The van der Waals surface area contributed by atoms with Crippen LogP contribution in [0.15, 0.2) is 135 Å². The second-order valence-electron chi connectivity index (χ2n) is 10.9. The van der Waals surface area contributed by atoms with Crippen LogP contribution in [0.1, 0.15) is 27.9 Å². The molecule has 0 aliphatic carbocycles. The molecular formula is C34H26ClF3I2N4O7S5. The maximum atomic E-state index is 12.6. The van der Waals surface area contributed by atoms with Gasteiger partial charge in [-0.15, -0.1) is 22.7 Å². The van der Waals surface area contributed by atoms with Crippen LogP contribution < -0.4 is 9.44 Å². The number of aryl methyl sites for hydroxylation is 1. The van der Waals surface area contributed by atoms with E-state index in [9.17, 15) is 43.2 Å². The van der Waals surface area contributed by atoms with Crippen LogP contribution in [0.25, 0.3) is 0 Å². The van der Waals surface area contributed by atoms with E-state index in [1.54, 1.807) is 53.4 Å². The lowest BCUT2D eigenvalue weighted by Crippen LogP contribution is -2.13. The third-order valence-corrected chi connectivity index (χ3v) is 14.1. The summed E-state index contributed by atoms with van der Waals surface area (Å²) in [6.45, 7) is 0. The fourth-order valence-electron chi connectivity index (χ4n) is 4.19. The number of carbonyl (C=O) groups excluding carboxylic acids is 1. The van der Waals surface area contributed by atoms with Gasteiger partial charge >= 0.3 is 6.18 Å². The Morgan fingerprint density at radius 3 is 1.43 bits per heavy atom. The molecule has 56 heavy (non-hydrogen) atoms. The van der Waals surface area contributed by atoms with E-state index in [2.05, 4.69) is 64.6 Å². The summed E-state index contributed by atoms with van der Waals surface area (Å²) in [6.07, 6.45) is -1.00. The van der Waals surface area contributed by atoms with Crippen molar-refractivity contribution in [3.63, 3.8) is 0 Å². The Kier molecular flexibility index (Phi) is 16.2. The van der Waals surface area contributed by atoms with Gasteiger partial charge in [0.25, 0.3) is 29.1 Å². The summed E-state index contributed by atoms with van der Waals surface area (Å²) in [5.41, 5.74) is 0.194. The number of anilines is 2. The quantitative estimate of drug-likeness (QED) is 0.0729. The van der Waals surface area contributed by atoms with Crippen molar-refractivity contribution in [2.75, 3.05) is 9.44 Å². The first kappa shape index (κ1) is 45.5. The molecule has 0 saturated heterocycles. The highest BCUT2D eigenvalue weighted by Crippen LogP contribution is 2.29. The fraction of sp³-hybridized carbons (Fsp3) is 0.0882. The van der Waals surface area contributed by atoms with Crippen molar-refractivity contribution in [1.82, 2.24) is 9.97 Å². The van der Waals surface area contributed by atoms with E-state index >= 15 is 0 Å². The van der Waals surface area contributed by atoms with Crippen LogP contribution in [0, 0.1) is 7.14 Å². The molecule has 0 spiro atoms. The molecule has 2 N–H and O–H groups in total. The molecule has 0 aliphatic heterocycles. The monoisotopic (exact) mass is 1110 g/mol. The minimum Gasteiger partial charge on any atom is -0.294 e. The van der Waals surface area contributed by atoms with Gasteiger partial charge in [0, 0.05) is 53.0 Å². The van der Waals surface area contributed by atoms with Gasteiger partial charge < -0.3 is 0 Å². The Balaban J connectivity index is 0.000000214. The van der Waals surface area contributed by atoms with E-state index in [0.717, 1.165) is 30.6 Å². The minimum atomic E-state index is -4.40. The number of ketones is 1. The molecule has 22 heteroatoms. The highest BCUT2D eigenvalue weighted by molar-refractivity contribution is 14.1. The average molecular weight is 1110 g/mol. The number of hydrogen-bond donors (Lipinski definition) is 2. The molecule has 0 amide bonds. The molecule has 0 radical (unpaired) electrons. The van der Waals surface area contributed by atoms with Crippen molar-refractivity contribution in [1.29, 1.82) is 0 Å². The summed E-state index contributed by atoms with van der Waals surface area (Å²) < 4.78 is 114. The molecular weight excluding hydrogens is 1080 g/mol. The van der Waals surface area contributed by atoms with Crippen LogP contribution in [0.3, 0.4) is 0 Å². The number of Topliss-reactive ketones (excluding diaryl/α,β-unsaturated/α-hetero) is 1. The van der Waals surface area contributed by atoms with Gasteiger partial charge in [-0.3, -0.25) is 14.2 Å². The Morgan fingerprint density at radius 2 is 1.05 bits per heavy atom. The van der Waals surface area contributed by atoms with Crippen LogP contribution >= 0.6 is 78.5 Å². The molecule has 0 fully saturated rings. The summed E-state index contributed by atoms with van der Waals surface area (Å²) in [5, 5.41) is 3.96. The first-order valence-electron chi connectivity index (χ1n) is 15.3. The first-order valence-corrected chi connectivity index (χ1v) is 24.5. The number of hydrogen-bond acceptors (Lipinski definition) is 11. The molecule has 11 nitrogen and oxygen atoms in total. The van der Waals surface area contributed by atoms with E-state index in [0.29, 0.717) is 16.3 Å². The number of nitrogens with zero attached hydrogens (tertiary/aromatic N) is 2. The van der Waals surface area contributed by atoms with Crippen molar-refractivity contribution in [3.05, 3.63) is 144 Å². The van der Waals surface area contributed by atoms with Gasteiger partial charge in [-0.25, -0.2) is 35.2 Å². The van der Waals surface area contributed by atoms with E-state index in [4.69, 9.17) is 10.7 Å². The molecule has 296 valence electrons. The fourth-order valence-corrected chi connectivity index (χ4v) is 9.26. The molecule has 0 aliphatic rings. The number of aromatic nitrogens is 2. The van der Waals surface area contributed by atoms with Crippen LogP contribution in [0.4, 0.5) is 23.4 Å². The van der Waals surface area contributed by atoms with Crippen LogP contribution in [0.5, 0.6) is 0 Å². The normalized spacial score (nSPS) is 11.7. The van der Waals surface area contributed by atoms with Gasteiger partial charge in [0.15, 0.2) is 16.0 Å². The Hall–Kier alpha value is -3.20. The number of nitrogens with one attached hydrogen (secondary N) is 2. The van der Waals surface area contributed by atoms with Gasteiger partial charge in [0.1, 0.15) is 0 Å². The zero-order chi connectivity index (χ0) is 41.1. The number of rotatable bonds is 11. The van der Waals surface area contributed by atoms with Gasteiger partial charge in [-0.2, -0.15) is 13.2 Å². The summed E-state index contributed by atoms with van der Waals surface area (Å²) in [6, 6.07) is 23.1. The smallest absolute Gasteiger partial charge is 0.294 e. The Labute approximate surface area is 360 Å². The topological polar surface area (TPSA) is 169 Å². The van der Waals surface area contributed by atoms with E-state index < -0.39 is 40.8 Å². The number of thiazole rings is 2. The lowest BCUT2D eigenvalue weighted by molar-refractivity contribution is -0.137. The summed E-state index contributed by atoms with van der Waals surface area (Å²) in [7, 11) is -5.78. The molecule has 2 heterocycles. The highest BCUT2D eigenvalue weighted by atomic mass is 127.